The molecule has 1 aromatic rings. The van der Waals surface area contributed by atoms with Crippen molar-refractivity contribution in [1.29, 1.82) is 0 Å². The van der Waals surface area contributed by atoms with Gasteiger partial charge in [0.2, 0.25) is 0 Å². The number of esters is 1. The van der Waals surface area contributed by atoms with E-state index in [2.05, 4.69) is 0 Å². The Balaban J connectivity index is 2.56. The molecule has 18 heavy (non-hydrogen) atoms. The predicted molar refractivity (Wildman–Crippen MR) is 63.3 cm³/mol. The highest BCUT2D eigenvalue weighted by Crippen LogP contribution is 2.13. The van der Waals surface area contributed by atoms with Gasteiger partial charge in [-0.1, -0.05) is 0 Å². The van der Waals surface area contributed by atoms with Crippen molar-refractivity contribution < 1.29 is 19.2 Å². The third-order valence-electron chi connectivity index (χ3n) is 2.26. The summed E-state index contributed by atoms with van der Waals surface area (Å²) < 4.78 is 4.70. The summed E-state index contributed by atoms with van der Waals surface area (Å²) in [7, 11) is 0. The van der Waals surface area contributed by atoms with Crippen molar-refractivity contribution in [1.82, 2.24) is 0 Å². The summed E-state index contributed by atoms with van der Waals surface area (Å²) in [5.74, 6) is -0.661. The quantitative estimate of drug-likeness (QED) is 0.334. The second-order valence-electron chi connectivity index (χ2n) is 3.53. The van der Waals surface area contributed by atoms with Crippen molar-refractivity contribution in [3.8, 4) is 0 Å². The Kier molecular flexibility index (Phi) is 4.98. The lowest BCUT2D eigenvalue weighted by Gasteiger charge is -2.01. The van der Waals surface area contributed by atoms with Crippen LogP contribution in [-0.2, 0) is 9.53 Å². The van der Waals surface area contributed by atoms with Gasteiger partial charge in [-0.2, -0.15) is 0 Å². The van der Waals surface area contributed by atoms with E-state index < -0.39 is 10.9 Å². The summed E-state index contributed by atoms with van der Waals surface area (Å²) in [5, 5.41) is 10.4. The largest absolute Gasteiger partial charge is 0.466 e. The third kappa shape index (κ3) is 3.97. The molecule has 0 amide bonds. The van der Waals surface area contributed by atoms with E-state index in [1.807, 2.05) is 0 Å². The van der Waals surface area contributed by atoms with Crippen molar-refractivity contribution in [2.75, 3.05) is 6.61 Å². The molecule has 0 fully saturated rings. The highest BCUT2D eigenvalue weighted by molar-refractivity contribution is 5.97. The molecular formula is C12H13NO5. The summed E-state index contributed by atoms with van der Waals surface area (Å²) in [4.78, 5) is 32.6. The van der Waals surface area contributed by atoms with Gasteiger partial charge in [-0.15, -0.1) is 0 Å². The molecule has 0 unspecified atom stereocenters. The van der Waals surface area contributed by atoms with Gasteiger partial charge in [0.1, 0.15) is 0 Å². The summed E-state index contributed by atoms with van der Waals surface area (Å²) in [6.07, 6.45) is 0.0559. The van der Waals surface area contributed by atoms with Crippen LogP contribution in [0.1, 0.15) is 30.1 Å². The van der Waals surface area contributed by atoms with E-state index >= 15 is 0 Å². The number of non-ortho nitro benzene ring substituents is 1. The highest BCUT2D eigenvalue weighted by atomic mass is 16.6. The van der Waals surface area contributed by atoms with Gasteiger partial charge in [-0.05, 0) is 19.1 Å². The number of nitrogens with zero attached hydrogens (tertiary/aromatic N) is 1. The Hall–Kier alpha value is -2.24. The minimum absolute atomic E-state index is 0.0175. The van der Waals surface area contributed by atoms with Crippen LogP contribution in [0.2, 0.25) is 0 Å². The highest BCUT2D eigenvalue weighted by Gasteiger charge is 2.11. The fourth-order valence-corrected chi connectivity index (χ4v) is 1.36. The topological polar surface area (TPSA) is 86.5 Å². The average Bonchev–Trinajstić information content (AvgIpc) is 2.36. The van der Waals surface area contributed by atoms with Crippen LogP contribution in [0.5, 0.6) is 0 Å². The predicted octanol–water partition coefficient (Wildman–Crippen LogP) is 2.12. The number of nitro benzene ring substituents is 1. The van der Waals surface area contributed by atoms with E-state index in [0.29, 0.717) is 5.56 Å². The van der Waals surface area contributed by atoms with Crippen LogP contribution in [0.3, 0.4) is 0 Å². The lowest BCUT2D eigenvalue weighted by Crippen LogP contribution is -2.07. The molecule has 0 N–H and O–H groups in total. The van der Waals surface area contributed by atoms with Crippen molar-refractivity contribution >= 4 is 17.4 Å². The van der Waals surface area contributed by atoms with Gasteiger partial charge >= 0.3 is 5.97 Å². The van der Waals surface area contributed by atoms with Gasteiger partial charge in [0.05, 0.1) is 18.0 Å². The fourth-order valence-electron chi connectivity index (χ4n) is 1.36. The number of rotatable bonds is 6. The molecule has 0 atom stereocenters. The molecule has 0 radical (unpaired) electrons. The molecule has 0 aromatic heterocycles. The van der Waals surface area contributed by atoms with Crippen LogP contribution in [0.15, 0.2) is 24.3 Å². The minimum Gasteiger partial charge on any atom is -0.466 e. The first-order valence-corrected chi connectivity index (χ1v) is 5.48. The van der Waals surface area contributed by atoms with Crippen LogP contribution in [0.4, 0.5) is 5.69 Å². The number of carbonyl (C=O) groups excluding carboxylic acids is 2. The van der Waals surface area contributed by atoms with Gasteiger partial charge in [-0.25, -0.2) is 0 Å². The Morgan fingerprint density at radius 3 is 2.33 bits per heavy atom. The Morgan fingerprint density at radius 1 is 1.22 bits per heavy atom. The first-order valence-electron chi connectivity index (χ1n) is 5.48. The molecule has 0 saturated carbocycles. The Bertz CT molecular complexity index is 452. The number of hydrogen-bond donors (Lipinski definition) is 0. The molecule has 0 saturated heterocycles. The molecule has 1 aromatic carbocycles. The first kappa shape index (κ1) is 13.8. The molecule has 0 aliphatic rings. The number of Topliss-reactive ketones (excluding diaryl/α,β-unsaturated/α-hetero) is 1. The zero-order valence-electron chi connectivity index (χ0n) is 9.92. The number of carbonyl (C=O) groups is 2. The van der Waals surface area contributed by atoms with Crippen molar-refractivity contribution in [2.45, 2.75) is 19.8 Å². The maximum atomic E-state index is 11.7. The monoisotopic (exact) mass is 251 g/mol. The zero-order valence-corrected chi connectivity index (χ0v) is 9.92. The van der Waals surface area contributed by atoms with Crippen molar-refractivity contribution in [3.05, 3.63) is 39.9 Å². The van der Waals surface area contributed by atoms with Crippen molar-refractivity contribution in [3.63, 3.8) is 0 Å². The molecule has 0 heterocycles. The van der Waals surface area contributed by atoms with Gasteiger partial charge < -0.3 is 4.74 Å². The second-order valence-corrected chi connectivity index (χ2v) is 3.53. The summed E-state index contributed by atoms with van der Waals surface area (Å²) in [6, 6.07) is 5.28. The van der Waals surface area contributed by atoms with Gasteiger partial charge in [0.15, 0.2) is 5.78 Å². The molecule has 96 valence electrons. The molecule has 1 rings (SSSR count). The molecule has 0 aliphatic heterocycles. The SMILES string of the molecule is CCOC(=O)CCC(=O)c1ccc([N+](=O)[O-])cc1. The van der Waals surface area contributed by atoms with E-state index in [-0.39, 0.29) is 30.9 Å². The van der Waals surface area contributed by atoms with Crippen molar-refractivity contribution in [2.24, 2.45) is 0 Å². The van der Waals surface area contributed by atoms with Gasteiger partial charge in [0.25, 0.3) is 5.69 Å². The lowest BCUT2D eigenvalue weighted by molar-refractivity contribution is -0.384. The van der Waals surface area contributed by atoms with Crippen LogP contribution >= 0.6 is 0 Å². The molecule has 0 aliphatic carbocycles. The fraction of sp³-hybridized carbons (Fsp3) is 0.333. The molecular weight excluding hydrogens is 238 g/mol. The summed E-state index contributed by atoms with van der Waals surface area (Å²) >= 11 is 0. The molecule has 6 heteroatoms. The molecule has 6 nitrogen and oxygen atoms in total. The Labute approximate surface area is 104 Å². The summed E-state index contributed by atoms with van der Waals surface area (Å²) in [6.45, 7) is 1.97. The maximum absolute atomic E-state index is 11.7. The van der Waals surface area contributed by atoms with Crippen LogP contribution in [0.25, 0.3) is 0 Å². The van der Waals surface area contributed by atoms with Crippen LogP contribution in [-0.4, -0.2) is 23.3 Å². The van der Waals surface area contributed by atoms with Gasteiger partial charge in [0, 0.05) is 24.1 Å². The lowest BCUT2D eigenvalue weighted by atomic mass is 10.1. The van der Waals surface area contributed by atoms with E-state index in [9.17, 15) is 19.7 Å². The number of ether oxygens (including phenoxy) is 1. The number of nitro groups is 1. The van der Waals surface area contributed by atoms with Gasteiger partial charge in [-0.3, -0.25) is 19.7 Å². The minimum atomic E-state index is -0.535. The van der Waals surface area contributed by atoms with E-state index in [1.165, 1.54) is 24.3 Å². The van der Waals surface area contributed by atoms with E-state index in [0.717, 1.165) is 0 Å². The number of benzene rings is 1. The normalized spacial score (nSPS) is 9.83. The van der Waals surface area contributed by atoms with E-state index in [4.69, 9.17) is 4.74 Å². The molecule has 0 spiro atoms. The second kappa shape index (κ2) is 6.48. The van der Waals surface area contributed by atoms with Crippen LogP contribution < -0.4 is 0 Å². The maximum Gasteiger partial charge on any atom is 0.306 e. The first-order chi connectivity index (χ1) is 8.54. The zero-order chi connectivity index (χ0) is 13.5. The molecule has 0 bridgehead atoms. The Morgan fingerprint density at radius 2 is 1.83 bits per heavy atom. The standard InChI is InChI=1S/C12H13NO5/c1-2-18-12(15)8-7-11(14)9-3-5-10(6-4-9)13(16)17/h3-6H,2,7-8H2,1H3. The average molecular weight is 251 g/mol. The summed E-state index contributed by atoms with van der Waals surface area (Å²) in [5.41, 5.74) is 0.279. The van der Waals surface area contributed by atoms with E-state index in [1.54, 1.807) is 6.92 Å². The van der Waals surface area contributed by atoms with Crippen LogP contribution in [0, 0.1) is 10.1 Å². The number of ketones is 1. The third-order valence-corrected chi connectivity index (χ3v) is 2.26. The number of hydrogen-bond acceptors (Lipinski definition) is 5. The smallest absolute Gasteiger partial charge is 0.306 e.